The molecule has 1 aliphatic rings. The number of para-hydroxylation sites is 2. The lowest BCUT2D eigenvalue weighted by Crippen LogP contribution is -2.21. The van der Waals surface area contributed by atoms with E-state index < -0.39 is 6.10 Å². The Balaban J connectivity index is 1.42. The number of rotatable bonds is 4. The molecule has 1 aliphatic heterocycles. The van der Waals surface area contributed by atoms with Crippen molar-refractivity contribution in [3.8, 4) is 11.5 Å². The van der Waals surface area contributed by atoms with Crippen molar-refractivity contribution >= 4 is 27.7 Å². The Morgan fingerprint density at radius 3 is 2.84 bits per heavy atom. The lowest BCUT2D eigenvalue weighted by Gasteiger charge is -2.23. The molecule has 25 heavy (non-hydrogen) atoms. The molecular formula is C17H12BrFN2O3S. The zero-order valence-electron chi connectivity index (χ0n) is 12.8. The summed E-state index contributed by atoms with van der Waals surface area (Å²) in [6, 6.07) is 12.0. The monoisotopic (exact) mass is 422 g/mol. The van der Waals surface area contributed by atoms with E-state index in [2.05, 4.69) is 26.1 Å². The van der Waals surface area contributed by atoms with Gasteiger partial charge in [0.05, 0.1) is 0 Å². The standard InChI is InChI=1S/C17H12BrFN2O3S/c18-12-7-11(19)6-5-10(12)9-25-17-21-20-16(24-17)15-8-22-13-3-1-2-4-14(13)23-15/h1-7,15H,8-9H2. The van der Waals surface area contributed by atoms with Crippen LogP contribution in [0.2, 0.25) is 0 Å². The van der Waals surface area contributed by atoms with Crippen molar-refractivity contribution in [2.45, 2.75) is 17.1 Å². The van der Waals surface area contributed by atoms with Crippen molar-refractivity contribution in [1.29, 1.82) is 0 Å². The molecular weight excluding hydrogens is 411 g/mol. The molecule has 0 bridgehead atoms. The van der Waals surface area contributed by atoms with E-state index in [0.717, 1.165) is 5.56 Å². The fourth-order valence-electron chi connectivity index (χ4n) is 2.33. The Morgan fingerprint density at radius 2 is 2.00 bits per heavy atom. The molecule has 0 amide bonds. The molecule has 128 valence electrons. The van der Waals surface area contributed by atoms with Crippen molar-refractivity contribution in [3.63, 3.8) is 0 Å². The molecule has 0 fully saturated rings. The molecule has 1 atom stereocenters. The number of benzene rings is 2. The molecule has 0 saturated carbocycles. The van der Waals surface area contributed by atoms with E-state index in [0.29, 0.717) is 39.4 Å². The van der Waals surface area contributed by atoms with Crippen LogP contribution in [0.15, 0.2) is 56.6 Å². The summed E-state index contributed by atoms with van der Waals surface area (Å²) >= 11 is 4.72. The lowest BCUT2D eigenvalue weighted by molar-refractivity contribution is 0.0686. The molecule has 3 aromatic rings. The van der Waals surface area contributed by atoms with Gasteiger partial charge in [-0.3, -0.25) is 0 Å². The van der Waals surface area contributed by atoms with Crippen LogP contribution in [0.5, 0.6) is 11.5 Å². The van der Waals surface area contributed by atoms with Crippen molar-refractivity contribution in [1.82, 2.24) is 10.2 Å². The minimum atomic E-state index is -0.436. The lowest BCUT2D eigenvalue weighted by atomic mass is 10.2. The van der Waals surface area contributed by atoms with Crippen LogP contribution in [0.3, 0.4) is 0 Å². The van der Waals surface area contributed by atoms with Gasteiger partial charge in [-0.1, -0.05) is 45.9 Å². The Labute approximate surface area is 155 Å². The van der Waals surface area contributed by atoms with Crippen LogP contribution in [0.25, 0.3) is 0 Å². The van der Waals surface area contributed by atoms with E-state index >= 15 is 0 Å². The number of thioether (sulfide) groups is 1. The number of ether oxygens (including phenoxy) is 2. The first kappa shape index (κ1) is 16.4. The third-order valence-corrected chi connectivity index (χ3v) is 5.18. The zero-order chi connectivity index (χ0) is 17.2. The molecule has 0 spiro atoms. The Hall–Kier alpha value is -2.06. The number of hydrogen-bond donors (Lipinski definition) is 0. The first-order valence-electron chi connectivity index (χ1n) is 7.47. The van der Waals surface area contributed by atoms with Gasteiger partial charge in [0.25, 0.3) is 11.1 Å². The van der Waals surface area contributed by atoms with Gasteiger partial charge in [0.15, 0.2) is 11.5 Å². The number of aromatic nitrogens is 2. The summed E-state index contributed by atoms with van der Waals surface area (Å²) in [7, 11) is 0. The van der Waals surface area contributed by atoms with E-state index in [1.54, 1.807) is 6.07 Å². The SMILES string of the molecule is Fc1ccc(CSc2nnc(C3COc4ccccc4O3)o2)c(Br)c1. The van der Waals surface area contributed by atoms with Crippen LogP contribution < -0.4 is 9.47 Å². The van der Waals surface area contributed by atoms with E-state index in [9.17, 15) is 4.39 Å². The molecule has 5 nitrogen and oxygen atoms in total. The predicted molar refractivity (Wildman–Crippen MR) is 93.3 cm³/mol. The number of hydrogen-bond acceptors (Lipinski definition) is 6. The van der Waals surface area contributed by atoms with Crippen LogP contribution in [0, 0.1) is 5.82 Å². The van der Waals surface area contributed by atoms with Crippen LogP contribution in [-0.2, 0) is 5.75 Å². The number of fused-ring (bicyclic) bond motifs is 1. The largest absolute Gasteiger partial charge is 0.485 e. The predicted octanol–water partition coefficient (Wildman–Crippen LogP) is 4.78. The number of halogens is 2. The third-order valence-electron chi connectivity index (χ3n) is 3.57. The summed E-state index contributed by atoms with van der Waals surface area (Å²) in [5, 5.41) is 8.50. The Kier molecular flexibility index (Phi) is 4.63. The molecule has 1 unspecified atom stereocenters. The smallest absolute Gasteiger partial charge is 0.277 e. The normalized spacial score (nSPS) is 16.0. The first-order chi connectivity index (χ1) is 12.2. The molecule has 0 N–H and O–H groups in total. The molecule has 0 radical (unpaired) electrons. The van der Waals surface area contributed by atoms with Gasteiger partial charge in [-0.15, -0.1) is 10.2 Å². The average Bonchev–Trinajstić information content (AvgIpc) is 3.09. The highest BCUT2D eigenvalue weighted by Gasteiger charge is 2.27. The maximum Gasteiger partial charge on any atom is 0.277 e. The highest BCUT2D eigenvalue weighted by Crippen LogP contribution is 2.36. The second kappa shape index (κ2) is 7.05. The van der Waals surface area contributed by atoms with Gasteiger partial charge in [0, 0.05) is 10.2 Å². The fraction of sp³-hybridized carbons (Fsp3) is 0.176. The minimum absolute atomic E-state index is 0.282. The zero-order valence-corrected chi connectivity index (χ0v) is 15.2. The van der Waals surface area contributed by atoms with Gasteiger partial charge in [-0.25, -0.2) is 4.39 Å². The van der Waals surface area contributed by atoms with Crippen LogP contribution >= 0.6 is 27.7 Å². The Morgan fingerprint density at radius 1 is 1.16 bits per heavy atom. The van der Waals surface area contributed by atoms with Gasteiger partial charge in [0.1, 0.15) is 12.4 Å². The summed E-state index contributed by atoms with van der Waals surface area (Å²) in [6.45, 7) is 0.312. The van der Waals surface area contributed by atoms with Gasteiger partial charge >= 0.3 is 0 Å². The Bertz CT molecular complexity index is 905. The van der Waals surface area contributed by atoms with E-state index in [-0.39, 0.29) is 5.82 Å². The maximum absolute atomic E-state index is 13.1. The fourth-order valence-corrected chi connectivity index (χ4v) is 3.78. The van der Waals surface area contributed by atoms with Crippen molar-refractivity contribution in [3.05, 3.63) is 64.2 Å². The van der Waals surface area contributed by atoms with Gasteiger partial charge in [0.2, 0.25) is 6.10 Å². The second-order valence-corrected chi connectivity index (χ2v) is 7.08. The summed E-state index contributed by atoms with van der Waals surface area (Å²) < 4.78 is 31.0. The molecule has 2 heterocycles. The summed E-state index contributed by atoms with van der Waals surface area (Å²) in [6.07, 6.45) is -0.436. The van der Waals surface area contributed by atoms with E-state index in [1.165, 1.54) is 23.9 Å². The second-order valence-electron chi connectivity index (χ2n) is 5.29. The first-order valence-corrected chi connectivity index (χ1v) is 9.25. The van der Waals surface area contributed by atoms with E-state index in [4.69, 9.17) is 13.9 Å². The van der Waals surface area contributed by atoms with Crippen LogP contribution in [0.1, 0.15) is 17.6 Å². The summed E-state index contributed by atoms with van der Waals surface area (Å²) in [5.74, 6) is 2.02. The van der Waals surface area contributed by atoms with Crippen LogP contribution in [-0.4, -0.2) is 16.8 Å². The van der Waals surface area contributed by atoms with Gasteiger partial charge in [-0.05, 0) is 29.8 Å². The van der Waals surface area contributed by atoms with Crippen LogP contribution in [0.4, 0.5) is 4.39 Å². The quantitative estimate of drug-likeness (QED) is 0.564. The molecule has 0 aliphatic carbocycles. The molecule has 2 aromatic carbocycles. The van der Waals surface area contributed by atoms with Gasteiger partial charge in [-0.2, -0.15) is 0 Å². The summed E-state index contributed by atoms with van der Waals surface area (Å²) in [4.78, 5) is 0. The van der Waals surface area contributed by atoms with Crippen molar-refractivity contribution in [2.24, 2.45) is 0 Å². The van der Waals surface area contributed by atoms with Gasteiger partial charge < -0.3 is 13.9 Å². The minimum Gasteiger partial charge on any atom is -0.485 e. The summed E-state index contributed by atoms with van der Waals surface area (Å²) in [5.41, 5.74) is 0.942. The molecule has 1 aromatic heterocycles. The highest BCUT2D eigenvalue weighted by molar-refractivity contribution is 9.10. The van der Waals surface area contributed by atoms with Crippen molar-refractivity contribution < 1.29 is 18.3 Å². The number of nitrogens with zero attached hydrogens (tertiary/aromatic N) is 2. The highest BCUT2D eigenvalue weighted by atomic mass is 79.9. The maximum atomic E-state index is 13.1. The van der Waals surface area contributed by atoms with E-state index in [1.807, 2.05) is 24.3 Å². The molecule has 0 saturated heterocycles. The third kappa shape index (κ3) is 3.64. The molecule has 8 heteroatoms. The average molecular weight is 423 g/mol. The van der Waals surface area contributed by atoms with Crippen molar-refractivity contribution in [2.75, 3.05) is 6.61 Å². The molecule has 4 rings (SSSR count). The topological polar surface area (TPSA) is 57.4 Å².